The van der Waals surface area contributed by atoms with Crippen LogP contribution in [0.2, 0.25) is 0 Å². The normalized spacial score (nSPS) is 13.9. The second-order valence-corrected chi connectivity index (χ2v) is 8.91. The molecule has 1 fully saturated rings. The molecule has 178 valence electrons. The van der Waals surface area contributed by atoms with Crippen molar-refractivity contribution >= 4 is 40.2 Å². The van der Waals surface area contributed by atoms with Crippen LogP contribution in [0.15, 0.2) is 45.8 Å². The molecule has 5 rings (SSSR count). The van der Waals surface area contributed by atoms with Gasteiger partial charge in [-0.1, -0.05) is 24.1 Å². The Hall–Kier alpha value is -3.53. The molecule has 34 heavy (non-hydrogen) atoms. The highest BCUT2D eigenvalue weighted by molar-refractivity contribution is 8.00. The average molecular weight is 482 g/mol. The zero-order valence-corrected chi connectivity index (χ0v) is 20.1. The van der Waals surface area contributed by atoms with Crippen LogP contribution in [0, 0.1) is 0 Å². The number of benzene rings is 2. The van der Waals surface area contributed by atoms with Crippen molar-refractivity contribution in [3.8, 4) is 17.2 Å². The van der Waals surface area contributed by atoms with Crippen molar-refractivity contribution in [2.45, 2.75) is 36.5 Å². The topological polar surface area (TPSA) is 106 Å². The fraction of sp³-hybridized carbons (Fsp3) is 0.333. The van der Waals surface area contributed by atoms with Crippen molar-refractivity contribution in [3.63, 3.8) is 0 Å². The standard InChI is InChI=1S/C24H27N5O4S/c1-30-18-9-6-10-19(31-2)23(18)34-29-24-15-11-21(32-3)17(12-20(15)33-28-24)25-22-13-16(26-27-22)14-7-4-5-8-14/h6,9-14H,4-5,7-8H2,1-3H3,(H,28,29)(H2,25,26,27). The molecule has 1 aliphatic rings. The predicted octanol–water partition coefficient (Wildman–Crippen LogP) is 6.10. The number of anilines is 3. The fourth-order valence-corrected chi connectivity index (χ4v) is 5.16. The highest BCUT2D eigenvalue weighted by Crippen LogP contribution is 2.41. The zero-order valence-electron chi connectivity index (χ0n) is 19.3. The molecular formula is C24H27N5O4S. The summed E-state index contributed by atoms with van der Waals surface area (Å²) in [4.78, 5) is 0.811. The fourth-order valence-electron chi connectivity index (χ4n) is 4.31. The Balaban J connectivity index is 1.37. The lowest BCUT2D eigenvalue weighted by molar-refractivity contribution is 0.376. The summed E-state index contributed by atoms with van der Waals surface area (Å²) in [6.45, 7) is 0. The molecule has 0 aliphatic heterocycles. The van der Waals surface area contributed by atoms with E-state index in [1.807, 2.05) is 30.3 Å². The largest absolute Gasteiger partial charge is 0.495 e. The van der Waals surface area contributed by atoms with Gasteiger partial charge in [-0.25, -0.2) is 0 Å². The van der Waals surface area contributed by atoms with Gasteiger partial charge in [0.2, 0.25) is 0 Å². The number of ether oxygens (including phenoxy) is 3. The van der Waals surface area contributed by atoms with Crippen LogP contribution < -0.4 is 24.2 Å². The Labute approximate surface area is 201 Å². The van der Waals surface area contributed by atoms with Gasteiger partial charge in [0.15, 0.2) is 17.2 Å². The van der Waals surface area contributed by atoms with Crippen LogP contribution in [-0.2, 0) is 0 Å². The molecule has 2 heterocycles. The first kappa shape index (κ1) is 22.3. The van der Waals surface area contributed by atoms with Crippen molar-refractivity contribution in [1.29, 1.82) is 0 Å². The number of fused-ring (bicyclic) bond motifs is 1. The summed E-state index contributed by atoms with van der Waals surface area (Å²) in [7, 11) is 4.88. The van der Waals surface area contributed by atoms with Gasteiger partial charge in [-0.2, -0.15) is 5.10 Å². The quantitative estimate of drug-likeness (QED) is 0.245. The third kappa shape index (κ3) is 4.33. The van der Waals surface area contributed by atoms with Gasteiger partial charge in [0.05, 0.1) is 32.4 Å². The van der Waals surface area contributed by atoms with E-state index in [0.717, 1.165) is 21.8 Å². The average Bonchev–Trinajstić information content (AvgIpc) is 3.63. The monoisotopic (exact) mass is 481 g/mol. The number of nitrogens with one attached hydrogen (secondary N) is 3. The van der Waals surface area contributed by atoms with Gasteiger partial charge in [-0.3, -0.25) is 5.10 Å². The number of hydrogen-bond donors (Lipinski definition) is 3. The molecule has 2 aromatic carbocycles. The van der Waals surface area contributed by atoms with Gasteiger partial charge in [-0.05, 0) is 43.0 Å². The van der Waals surface area contributed by atoms with Gasteiger partial charge < -0.3 is 28.8 Å². The van der Waals surface area contributed by atoms with Crippen LogP contribution in [0.4, 0.5) is 17.3 Å². The van der Waals surface area contributed by atoms with Crippen LogP contribution in [0.5, 0.6) is 17.2 Å². The summed E-state index contributed by atoms with van der Waals surface area (Å²) in [5, 5.41) is 16.0. The summed E-state index contributed by atoms with van der Waals surface area (Å²) < 4.78 is 25.4. The minimum atomic E-state index is 0.565. The SMILES string of the molecule is COc1cc2c(NSc3c(OC)cccc3OC)noc2cc1Nc1cc(C2CCCC2)[nH]n1. The summed E-state index contributed by atoms with van der Waals surface area (Å²) in [6, 6.07) is 11.5. The molecule has 3 N–H and O–H groups in total. The third-order valence-electron chi connectivity index (χ3n) is 6.08. The number of methoxy groups -OCH3 is 3. The molecule has 0 spiro atoms. The molecule has 0 radical (unpaired) electrons. The molecule has 1 saturated carbocycles. The van der Waals surface area contributed by atoms with Crippen LogP contribution in [0.1, 0.15) is 37.3 Å². The van der Waals surface area contributed by atoms with Gasteiger partial charge in [-0.15, -0.1) is 0 Å². The summed E-state index contributed by atoms with van der Waals surface area (Å²) in [6.07, 6.45) is 4.98. The van der Waals surface area contributed by atoms with E-state index in [9.17, 15) is 0 Å². The van der Waals surface area contributed by atoms with Crippen LogP contribution in [0.25, 0.3) is 11.0 Å². The number of H-pyrrole nitrogens is 1. The van der Waals surface area contributed by atoms with E-state index >= 15 is 0 Å². The van der Waals surface area contributed by atoms with Crippen LogP contribution in [0.3, 0.4) is 0 Å². The van der Waals surface area contributed by atoms with E-state index in [2.05, 4.69) is 31.5 Å². The molecule has 9 nitrogen and oxygen atoms in total. The lowest BCUT2D eigenvalue weighted by atomic mass is 10.0. The lowest BCUT2D eigenvalue weighted by Crippen LogP contribution is -1.96. The molecule has 0 atom stereocenters. The molecule has 0 saturated heterocycles. The van der Waals surface area contributed by atoms with Crippen molar-refractivity contribution < 1.29 is 18.7 Å². The number of nitrogens with zero attached hydrogens (tertiary/aromatic N) is 2. The van der Waals surface area contributed by atoms with E-state index < -0.39 is 0 Å². The number of aromatic nitrogens is 3. The van der Waals surface area contributed by atoms with Crippen molar-refractivity contribution in [2.75, 3.05) is 31.4 Å². The highest BCUT2D eigenvalue weighted by Gasteiger charge is 2.20. The molecule has 10 heteroatoms. The maximum absolute atomic E-state index is 5.65. The number of rotatable bonds is 9. The zero-order chi connectivity index (χ0) is 23.5. The number of hydrogen-bond acceptors (Lipinski definition) is 9. The minimum Gasteiger partial charge on any atom is -0.495 e. The first-order chi connectivity index (χ1) is 16.7. The van der Waals surface area contributed by atoms with E-state index in [1.54, 1.807) is 21.3 Å². The Kier molecular flexibility index (Phi) is 6.39. The maximum atomic E-state index is 5.65. The van der Waals surface area contributed by atoms with Gasteiger partial charge in [0.25, 0.3) is 0 Å². The maximum Gasteiger partial charge on any atom is 0.187 e. The van der Waals surface area contributed by atoms with E-state index in [0.29, 0.717) is 34.6 Å². The first-order valence-corrected chi connectivity index (χ1v) is 12.0. The van der Waals surface area contributed by atoms with Crippen LogP contribution in [-0.4, -0.2) is 36.7 Å². The Bertz CT molecular complexity index is 1260. The molecule has 0 unspecified atom stereocenters. The molecule has 1 aliphatic carbocycles. The van der Waals surface area contributed by atoms with Crippen LogP contribution >= 0.6 is 11.9 Å². The summed E-state index contributed by atoms with van der Waals surface area (Å²) in [5.41, 5.74) is 2.54. The molecule has 4 aromatic rings. The molecule has 2 aromatic heterocycles. The Morgan fingerprint density at radius 1 is 1.00 bits per heavy atom. The predicted molar refractivity (Wildman–Crippen MR) is 133 cm³/mol. The summed E-state index contributed by atoms with van der Waals surface area (Å²) >= 11 is 1.34. The van der Waals surface area contributed by atoms with E-state index in [4.69, 9.17) is 18.7 Å². The van der Waals surface area contributed by atoms with Gasteiger partial charge in [0.1, 0.15) is 22.1 Å². The van der Waals surface area contributed by atoms with Crippen molar-refractivity contribution in [1.82, 2.24) is 15.4 Å². The van der Waals surface area contributed by atoms with E-state index in [1.165, 1.54) is 43.3 Å². The lowest BCUT2D eigenvalue weighted by Gasteiger charge is -2.12. The van der Waals surface area contributed by atoms with E-state index in [-0.39, 0.29) is 0 Å². The van der Waals surface area contributed by atoms with Crippen molar-refractivity contribution in [3.05, 3.63) is 42.1 Å². The van der Waals surface area contributed by atoms with Crippen molar-refractivity contribution in [2.24, 2.45) is 0 Å². The highest BCUT2D eigenvalue weighted by atomic mass is 32.2. The van der Waals surface area contributed by atoms with Gasteiger partial charge in [0, 0.05) is 23.7 Å². The van der Waals surface area contributed by atoms with Gasteiger partial charge >= 0.3 is 0 Å². The first-order valence-electron chi connectivity index (χ1n) is 11.1. The second kappa shape index (κ2) is 9.76. The number of aromatic amines is 1. The minimum absolute atomic E-state index is 0.565. The molecule has 0 bridgehead atoms. The smallest absolute Gasteiger partial charge is 0.187 e. The Morgan fingerprint density at radius 2 is 1.74 bits per heavy atom. The molecule has 0 amide bonds. The Morgan fingerprint density at radius 3 is 2.44 bits per heavy atom. The third-order valence-corrected chi connectivity index (χ3v) is 6.98. The summed E-state index contributed by atoms with van der Waals surface area (Å²) in [5.74, 6) is 3.94. The molecular weight excluding hydrogens is 454 g/mol. The second-order valence-electron chi connectivity index (χ2n) is 8.09.